The lowest BCUT2D eigenvalue weighted by Crippen LogP contribution is -2.49. The highest BCUT2D eigenvalue weighted by Crippen LogP contribution is 2.60. The van der Waals surface area contributed by atoms with E-state index in [1.54, 1.807) is 6.07 Å². The second kappa shape index (κ2) is 12.1. The van der Waals surface area contributed by atoms with Crippen LogP contribution in [0.3, 0.4) is 0 Å². The number of rotatable bonds is 11. The minimum Gasteiger partial charge on any atom is -0.508 e. The van der Waals surface area contributed by atoms with Gasteiger partial charge in [-0.2, -0.15) is 8.42 Å². The number of phenolic OH excluding ortho intramolecular Hbond substituents is 2. The highest BCUT2D eigenvalue weighted by Gasteiger charge is 2.52. The maximum atomic E-state index is 11.9. The quantitative estimate of drug-likeness (QED) is 0.148. The van der Waals surface area contributed by atoms with E-state index < -0.39 is 16.5 Å². The lowest BCUT2D eigenvalue weighted by atomic mass is 9.48. The Morgan fingerprint density at radius 1 is 1.21 bits per heavy atom. The minimum atomic E-state index is -4.57. The minimum absolute atomic E-state index is 0.0479. The van der Waals surface area contributed by atoms with Crippen LogP contribution in [0.15, 0.2) is 41.5 Å². The summed E-state index contributed by atoms with van der Waals surface area (Å²) in [5.74, 6) is 0.996. The van der Waals surface area contributed by atoms with E-state index in [2.05, 4.69) is 33.8 Å². The fourth-order valence-electron chi connectivity index (χ4n) is 7.36. The van der Waals surface area contributed by atoms with Crippen LogP contribution >= 0.6 is 0 Å². The third-order valence-corrected chi connectivity index (χ3v) is 10.1. The van der Waals surface area contributed by atoms with E-state index >= 15 is 0 Å². The Morgan fingerprint density at radius 2 is 1.92 bits per heavy atom. The largest absolute Gasteiger partial charge is 0.508 e. The number of phenols is 2. The summed E-state index contributed by atoms with van der Waals surface area (Å²) in [5, 5.41) is 19.7. The predicted molar refractivity (Wildman–Crippen MR) is 152 cm³/mol. The summed E-state index contributed by atoms with van der Waals surface area (Å²) in [6.07, 6.45) is 12.0. The second-order valence-electron chi connectivity index (χ2n) is 12.9. The van der Waals surface area contributed by atoms with E-state index in [0.29, 0.717) is 24.3 Å². The van der Waals surface area contributed by atoms with Crippen LogP contribution in [0.4, 0.5) is 0 Å². The highest BCUT2D eigenvalue weighted by molar-refractivity contribution is 7.80. The van der Waals surface area contributed by atoms with Gasteiger partial charge in [0.15, 0.2) is 0 Å². The molecule has 0 amide bonds. The van der Waals surface area contributed by atoms with Crippen molar-refractivity contribution < 1.29 is 27.4 Å². The van der Waals surface area contributed by atoms with Gasteiger partial charge in [-0.3, -0.25) is 4.55 Å². The van der Waals surface area contributed by atoms with Gasteiger partial charge < -0.3 is 10.2 Å². The molecule has 0 aliphatic heterocycles. The van der Waals surface area contributed by atoms with Crippen molar-refractivity contribution in [1.29, 1.82) is 0 Å². The van der Waals surface area contributed by atoms with Gasteiger partial charge in [0.25, 0.3) is 0 Å². The van der Waals surface area contributed by atoms with Gasteiger partial charge in [-0.25, -0.2) is 4.18 Å². The molecule has 0 radical (unpaired) electrons. The standard InChI is InChI=1S/C31H48O6S/c1-21(11-13-24-19-25(32)14-15-27(24)33)9-7-10-23(3)28(37-38(34,35)36)20-26-22(2)12-16-29-30(4,5)17-8-18-31(26,29)6/h11-12,14-15,19,23,26,28-29,32-33H,7-10,13,16-18,20H2,1-6H3,(H,34,35,36)/b21-11-/t23-,26+,28-,29+,31-/m1/s1. The zero-order valence-corrected chi connectivity index (χ0v) is 24.9. The van der Waals surface area contributed by atoms with Gasteiger partial charge in [-0.15, -0.1) is 0 Å². The molecule has 7 heteroatoms. The van der Waals surface area contributed by atoms with Gasteiger partial charge in [-0.05, 0) is 112 Å². The second-order valence-corrected chi connectivity index (χ2v) is 13.9. The third-order valence-electron chi connectivity index (χ3n) is 9.61. The number of aromatic hydroxyl groups is 2. The van der Waals surface area contributed by atoms with Crippen molar-refractivity contribution in [1.82, 2.24) is 0 Å². The average Bonchev–Trinajstić information content (AvgIpc) is 2.79. The molecule has 0 aromatic heterocycles. The van der Waals surface area contributed by atoms with Crippen molar-refractivity contribution in [3.8, 4) is 11.5 Å². The van der Waals surface area contributed by atoms with Gasteiger partial charge in [0, 0.05) is 5.56 Å². The molecule has 1 aromatic carbocycles. The van der Waals surface area contributed by atoms with Gasteiger partial charge >= 0.3 is 10.4 Å². The van der Waals surface area contributed by atoms with Gasteiger partial charge in [0.1, 0.15) is 11.5 Å². The highest BCUT2D eigenvalue weighted by atomic mass is 32.3. The molecule has 0 unspecified atom stereocenters. The summed E-state index contributed by atoms with van der Waals surface area (Å²) in [5.41, 5.74) is 3.47. The molecular formula is C31H48O6S. The molecule has 214 valence electrons. The number of hydrogen-bond acceptors (Lipinski definition) is 5. The number of allylic oxidation sites excluding steroid dienone is 4. The smallest absolute Gasteiger partial charge is 0.397 e. The summed E-state index contributed by atoms with van der Waals surface area (Å²) >= 11 is 0. The molecule has 2 aliphatic rings. The molecule has 0 heterocycles. The van der Waals surface area contributed by atoms with Crippen molar-refractivity contribution in [2.24, 2.45) is 28.6 Å². The summed E-state index contributed by atoms with van der Waals surface area (Å²) in [4.78, 5) is 0. The van der Waals surface area contributed by atoms with Crippen LogP contribution in [0.1, 0.15) is 98.5 Å². The predicted octanol–water partition coefficient (Wildman–Crippen LogP) is 7.77. The summed E-state index contributed by atoms with van der Waals surface area (Å²) in [6, 6.07) is 4.52. The molecule has 6 nitrogen and oxygen atoms in total. The maximum Gasteiger partial charge on any atom is 0.397 e. The van der Waals surface area contributed by atoms with Crippen LogP contribution in [0, 0.1) is 28.6 Å². The van der Waals surface area contributed by atoms with Crippen molar-refractivity contribution in [3.63, 3.8) is 0 Å². The van der Waals surface area contributed by atoms with Crippen LogP contribution in [0.2, 0.25) is 0 Å². The summed E-state index contributed by atoms with van der Waals surface area (Å²) in [7, 11) is -4.57. The molecule has 5 atom stereocenters. The van der Waals surface area contributed by atoms with E-state index in [1.807, 2.05) is 19.9 Å². The molecular weight excluding hydrogens is 500 g/mol. The fraction of sp³-hybridized carbons (Fsp3) is 0.677. The zero-order chi connectivity index (χ0) is 28.3. The van der Waals surface area contributed by atoms with Gasteiger partial charge in [0.05, 0.1) is 6.10 Å². The van der Waals surface area contributed by atoms with E-state index in [1.165, 1.54) is 30.5 Å². The van der Waals surface area contributed by atoms with Crippen LogP contribution in [-0.2, 0) is 21.0 Å². The van der Waals surface area contributed by atoms with E-state index in [4.69, 9.17) is 4.18 Å². The average molecular weight is 549 g/mol. The van der Waals surface area contributed by atoms with Gasteiger partial charge in [0.2, 0.25) is 0 Å². The van der Waals surface area contributed by atoms with Gasteiger partial charge in [-0.1, -0.05) is 57.4 Å². The molecule has 0 bridgehead atoms. The Hall–Kier alpha value is -1.83. The molecule has 2 aliphatic carbocycles. The number of hydrogen-bond donors (Lipinski definition) is 3. The normalized spacial score (nSPS) is 27.3. The van der Waals surface area contributed by atoms with Crippen molar-refractivity contribution >= 4 is 10.4 Å². The molecule has 3 N–H and O–H groups in total. The molecule has 1 saturated carbocycles. The lowest BCUT2D eigenvalue weighted by Gasteiger charge is -2.57. The molecule has 1 fully saturated rings. The topological polar surface area (TPSA) is 104 Å². The van der Waals surface area contributed by atoms with Crippen molar-refractivity contribution in [3.05, 3.63) is 47.1 Å². The number of benzene rings is 1. The third kappa shape index (κ3) is 7.64. The molecule has 1 aromatic rings. The first-order chi connectivity index (χ1) is 17.6. The van der Waals surface area contributed by atoms with Crippen molar-refractivity contribution in [2.75, 3.05) is 0 Å². The number of fused-ring (bicyclic) bond motifs is 1. The fourth-order valence-corrected chi connectivity index (χ4v) is 7.94. The Labute approximate surface area is 230 Å². The van der Waals surface area contributed by atoms with Crippen LogP contribution in [0.25, 0.3) is 0 Å². The molecule has 3 rings (SSSR count). The van der Waals surface area contributed by atoms with Crippen molar-refractivity contribution in [2.45, 2.75) is 105 Å². The van der Waals surface area contributed by atoms with E-state index in [0.717, 1.165) is 37.7 Å². The SMILES string of the molecule is CC1=CC[C@H]2C(C)(C)CCC[C@]2(C)[C@H]1C[C@@H](OS(=O)(=O)O)[C@H](C)CCC/C(C)=C\Cc1cc(O)ccc1O. The van der Waals surface area contributed by atoms with Crippen LogP contribution in [-0.4, -0.2) is 29.3 Å². The molecule has 0 spiro atoms. The summed E-state index contributed by atoms with van der Waals surface area (Å²) in [6.45, 7) is 13.3. The van der Waals surface area contributed by atoms with Crippen LogP contribution < -0.4 is 0 Å². The maximum absolute atomic E-state index is 11.9. The van der Waals surface area contributed by atoms with Crippen LogP contribution in [0.5, 0.6) is 11.5 Å². The van der Waals surface area contributed by atoms with E-state index in [9.17, 15) is 23.2 Å². The first kappa shape index (κ1) is 30.7. The Balaban J connectivity index is 1.67. The zero-order valence-electron chi connectivity index (χ0n) is 24.0. The Bertz CT molecular complexity index is 1140. The first-order valence-electron chi connectivity index (χ1n) is 14.1. The Morgan fingerprint density at radius 3 is 2.61 bits per heavy atom. The Kier molecular flexibility index (Phi) is 9.81. The monoisotopic (exact) mass is 548 g/mol. The lowest BCUT2D eigenvalue weighted by molar-refractivity contribution is -0.0517. The summed E-state index contributed by atoms with van der Waals surface area (Å²) < 4.78 is 38.7. The first-order valence-corrected chi connectivity index (χ1v) is 15.5. The molecule has 0 saturated heterocycles. The molecule has 38 heavy (non-hydrogen) atoms. The van der Waals surface area contributed by atoms with E-state index in [-0.39, 0.29) is 34.2 Å².